The number of hydrogen-bond acceptors (Lipinski definition) is 2. The minimum absolute atomic E-state index is 0.101. The molecule has 1 N–H and O–H groups in total. The highest BCUT2D eigenvalue weighted by Gasteiger charge is 2.29. The Morgan fingerprint density at radius 1 is 1.00 bits per heavy atom. The van der Waals surface area contributed by atoms with E-state index >= 15 is 0 Å². The summed E-state index contributed by atoms with van der Waals surface area (Å²) in [4.78, 5) is 18.7. The van der Waals surface area contributed by atoms with Crippen LogP contribution in [0.3, 0.4) is 0 Å². The van der Waals surface area contributed by atoms with Gasteiger partial charge < -0.3 is 9.88 Å². The fourth-order valence-electron chi connectivity index (χ4n) is 4.76. The van der Waals surface area contributed by atoms with Crippen LogP contribution in [0, 0.1) is 13.8 Å². The summed E-state index contributed by atoms with van der Waals surface area (Å²) in [5.41, 5.74) is 5.98. The molecule has 0 radical (unpaired) electrons. The maximum atomic E-state index is 13.4. The highest BCUT2D eigenvalue weighted by molar-refractivity contribution is 5.96. The molecule has 152 valence electrons. The Labute approximate surface area is 176 Å². The number of aromatic amines is 1. The fourth-order valence-corrected chi connectivity index (χ4v) is 4.76. The van der Waals surface area contributed by atoms with Gasteiger partial charge in [0, 0.05) is 30.2 Å². The van der Waals surface area contributed by atoms with Gasteiger partial charge in [0.25, 0.3) is 5.91 Å². The number of fused-ring (bicyclic) bond motifs is 1. The summed E-state index contributed by atoms with van der Waals surface area (Å²) in [6.45, 7) is 5.47. The van der Waals surface area contributed by atoms with E-state index in [1.165, 1.54) is 16.5 Å². The third-order valence-electron chi connectivity index (χ3n) is 6.35. The predicted octanol–water partition coefficient (Wildman–Crippen LogP) is 4.99. The number of para-hydroxylation sites is 2. The van der Waals surface area contributed by atoms with Gasteiger partial charge in [0.15, 0.2) is 0 Å². The summed E-state index contributed by atoms with van der Waals surface area (Å²) < 4.78 is 1.88. The number of H-pyrrole nitrogens is 1. The van der Waals surface area contributed by atoms with Crippen molar-refractivity contribution < 1.29 is 4.79 Å². The zero-order valence-corrected chi connectivity index (χ0v) is 17.4. The lowest BCUT2D eigenvalue weighted by Crippen LogP contribution is -2.38. The van der Waals surface area contributed by atoms with E-state index in [0.717, 1.165) is 48.6 Å². The number of aromatic nitrogens is 3. The molecule has 0 saturated carbocycles. The third kappa shape index (κ3) is 3.11. The first-order valence-corrected chi connectivity index (χ1v) is 10.6. The standard InChI is InChI=1S/C25H26N4O/c1-17-24(18(2)29(27-17)20-8-4-3-5-9-20)25(30)28-14-12-19(13-15-28)22-16-26-23-11-7-6-10-21(22)23/h3-11,16,19,26H,12-15H2,1-2H3. The number of amides is 1. The van der Waals surface area contributed by atoms with Gasteiger partial charge in [-0.1, -0.05) is 36.4 Å². The van der Waals surface area contributed by atoms with Gasteiger partial charge in [-0.2, -0.15) is 5.10 Å². The van der Waals surface area contributed by atoms with Crippen LogP contribution < -0.4 is 0 Å². The molecule has 0 unspecified atom stereocenters. The number of nitrogens with zero attached hydrogens (tertiary/aromatic N) is 3. The SMILES string of the molecule is Cc1nn(-c2ccccc2)c(C)c1C(=O)N1CCC(c2c[nH]c3ccccc23)CC1. The minimum atomic E-state index is 0.101. The van der Waals surface area contributed by atoms with Crippen molar-refractivity contribution in [3.05, 3.63) is 83.3 Å². The van der Waals surface area contributed by atoms with Crippen LogP contribution >= 0.6 is 0 Å². The van der Waals surface area contributed by atoms with Gasteiger partial charge in [0.2, 0.25) is 0 Å². The largest absolute Gasteiger partial charge is 0.361 e. The van der Waals surface area contributed by atoms with Crippen LogP contribution in [0.1, 0.15) is 46.1 Å². The molecule has 5 rings (SSSR count). The number of carbonyl (C=O) groups is 1. The lowest BCUT2D eigenvalue weighted by atomic mass is 9.89. The quantitative estimate of drug-likeness (QED) is 0.529. The Morgan fingerprint density at radius 2 is 1.70 bits per heavy atom. The molecule has 5 nitrogen and oxygen atoms in total. The van der Waals surface area contributed by atoms with Crippen molar-refractivity contribution in [2.24, 2.45) is 0 Å². The van der Waals surface area contributed by atoms with Crippen LogP contribution in [0.15, 0.2) is 60.8 Å². The van der Waals surface area contributed by atoms with Crippen LogP contribution in [0.5, 0.6) is 0 Å². The van der Waals surface area contributed by atoms with Gasteiger partial charge >= 0.3 is 0 Å². The van der Waals surface area contributed by atoms with Crippen molar-refractivity contribution >= 4 is 16.8 Å². The van der Waals surface area contributed by atoms with Gasteiger partial charge in [0.05, 0.1) is 22.6 Å². The summed E-state index contributed by atoms with van der Waals surface area (Å²) in [6, 6.07) is 18.4. The molecular formula is C25H26N4O. The third-order valence-corrected chi connectivity index (χ3v) is 6.35. The zero-order chi connectivity index (χ0) is 20.7. The maximum Gasteiger partial charge on any atom is 0.257 e. The molecular weight excluding hydrogens is 372 g/mol. The zero-order valence-electron chi connectivity index (χ0n) is 17.4. The number of nitrogens with one attached hydrogen (secondary N) is 1. The Morgan fingerprint density at radius 3 is 2.47 bits per heavy atom. The maximum absolute atomic E-state index is 13.4. The van der Waals surface area contributed by atoms with Gasteiger partial charge in [-0.05, 0) is 56.4 Å². The van der Waals surface area contributed by atoms with Crippen LogP contribution in [-0.2, 0) is 0 Å². The van der Waals surface area contributed by atoms with Crippen molar-refractivity contribution in [3.63, 3.8) is 0 Å². The molecule has 1 fully saturated rings. The number of likely N-dealkylation sites (tertiary alicyclic amines) is 1. The molecule has 1 aliphatic heterocycles. The van der Waals surface area contributed by atoms with Gasteiger partial charge in [0.1, 0.15) is 0 Å². The number of rotatable bonds is 3. The topological polar surface area (TPSA) is 53.9 Å². The van der Waals surface area contributed by atoms with Gasteiger partial charge in [-0.25, -0.2) is 4.68 Å². The van der Waals surface area contributed by atoms with E-state index < -0.39 is 0 Å². The molecule has 5 heteroatoms. The first kappa shape index (κ1) is 18.7. The highest BCUT2D eigenvalue weighted by atomic mass is 16.2. The number of aryl methyl sites for hydroxylation is 1. The molecule has 0 atom stereocenters. The van der Waals surface area contributed by atoms with E-state index in [9.17, 15) is 4.79 Å². The Balaban J connectivity index is 1.35. The number of piperidine rings is 1. The van der Waals surface area contributed by atoms with E-state index in [1.807, 2.05) is 53.8 Å². The number of benzene rings is 2. The molecule has 4 aromatic rings. The van der Waals surface area contributed by atoms with Crippen LogP contribution in [0.4, 0.5) is 0 Å². The molecule has 2 aromatic heterocycles. The predicted molar refractivity (Wildman–Crippen MR) is 119 cm³/mol. The summed E-state index contributed by atoms with van der Waals surface area (Å²) in [5, 5.41) is 5.95. The highest BCUT2D eigenvalue weighted by Crippen LogP contribution is 2.34. The number of carbonyl (C=O) groups excluding carboxylic acids is 1. The van der Waals surface area contributed by atoms with Gasteiger partial charge in [-0.15, -0.1) is 0 Å². The van der Waals surface area contributed by atoms with Gasteiger partial charge in [-0.3, -0.25) is 4.79 Å². The van der Waals surface area contributed by atoms with Crippen LogP contribution in [0.25, 0.3) is 16.6 Å². The number of hydrogen-bond donors (Lipinski definition) is 1. The summed E-state index contributed by atoms with van der Waals surface area (Å²) >= 11 is 0. The van der Waals surface area contributed by atoms with E-state index in [0.29, 0.717) is 5.92 Å². The molecule has 1 aliphatic rings. The Kier molecular flexibility index (Phi) is 4.66. The van der Waals surface area contributed by atoms with E-state index in [-0.39, 0.29) is 5.91 Å². The molecule has 1 amide bonds. The van der Waals surface area contributed by atoms with Crippen molar-refractivity contribution in [1.82, 2.24) is 19.7 Å². The van der Waals surface area contributed by atoms with E-state index in [2.05, 4.69) is 40.5 Å². The molecule has 0 bridgehead atoms. The van der Waals surface area contributed by atoms with E-state index in [4.69, 9.17) is 0 Å². The molecule has 0 spiro atoms. The van der Waals surface area contributed by atoms with Crippen LogP contribution in [0.2, 0.25) is 0 Å². The van der Waals surface area contributed by atoms with Crippen molar-refractivity contribution in [3.8, 4) is 5.69 Å². The average Bonchev–Trinajstić information content (AvgIpc) is 3.35. The second kappa shape index (κ2) is 7.48. The summed E-state index contributed by atoms with van der Waals surface area (Å²) in [6.07, 6.45) is 4.11. The second-order valence-electron chi connectivity index (χ2n) is 8.15. The Hall–Kier alpha value is -3.34. The first-order chi connectivity index (χ1) is 14.6. The van der Waals surface area contributed by atoms with Crippen molar-refractivity contribution in [2.75, 3.05) is 13.1 Å². The molecule has 2 aromatic carbocycles. The summed E-state index contributed by atoms with van der Waals surface area (Å²) in [7, 11) is 0. The fraction of sp³-hybridized carbons (Fsp3) is 0.280. The smallest absolute Gasteiger partial charge is 0.257 e. The van der Waals surface area contributed by atoms with E-state index in [1.54, 1.807) is 0 Å². The average molecular weight is 399 g/mol. The summed E-state index contributed by atoms with van der Waals surface area (Å²) in [5.74, 6) is 0.587. The second-order valence-corrected chi connectivity index (χ2v) is 8.15. The molecule has 3 heterocycles. The lowest BCUT2D eigenvalue weighted by molar-refractivity contribution is 0.0712. The lowest BCUT2D eigenvalue weighted by Gasteiger charge is -2.32. The van der Waals surface area contributed by atoms with Crippen LogP contribution in [-0.4, -0.2) is 38.7 Å². The molecule has 30 heavy (non-hydrogen) atoms. The normalized spacial score (nSPS) is 15.1. The van der Waals surface area contributed by atoms with Crippen molar-refractivity contribution in [1.29, 1.82) is 0 Å². The molecule has 0 aliphatic carbocycles. The Bertz CT molecular complexity index is 1200. The monoisotopic (exact) mass is 398 g/mol. The first-order valence-electron chi connectivity index (χ1n) is 10.6. The molecule has 1 saturated heterocycles. The van der Waals surface area contributed by atoms with Crippen molar-refractivity contribution in [2.45, 2.75) is 32.6 Å². The minimum Gasteiger partial charge on any atom is -0.361 e.